The van der Waals surface area contributed by atoms with Crippen molar-refractivity contribution in [3.8, 4) is 0 Å². The number of rotatable bonds is 2. The molecule has 0 bridgehead atoms. The van der Waals surface area contributed by atoms with Crippen molar-refractivity contribution in [1.82, 2.24) is 0 Å². The van der Waals surface area contributed by atoms with Crippen LogP contribution in [-0.2, 0) is 4.74 Å². The molecule has 4 heteroatoms. The SMILES string of the molecule is CC(O)C(F)(F)C1CCCOC1. The van der Waals surface area contributed by atoms with Crippen LogP contribution in [0, 0.1) is 5.92 Å². The van der Waals surface area contributed by atoms with Gasteiger partial charge in [-0.3, -0.25) is 0 Å². The van der Waals surface area contributed by atoms with Crippen molar-refractivity contribution in [2.75, 3.05) is 13.2 Å². The molecule has 1 rings (SSSR count). The summed E-state index contributed by atoms with van der Waals surface area (Å²) >= 11 is 0. The molecule has 0 aliphatic carbocycles. The van der Waals surface area contributed by atoms with Crippen molar-refractivity contribution in [1.29, 1.82) is 0 Å². The third-order valence-electron chi connectivity index (χ3n) is 2.26. The Morgan fingerprint density at radius 1 is 1.58 bits per heavy atom. The first kappa shape index (κ1) is 9.86. The summed E-state index contributed by atoms with van der Waals surface area (Å²) in [4.78, 5) is 0. The first-order valence-corrected chi connectivity index (χ1v) is 4.18. The van der Waals surface area contributed by atoms with Gasteiger partial charge in [0.1, 0.15) is 6.10 Å². The monoisotopic (exact) mass is 180 g/mol. The number of hydrogen-bond acceptors (Lipinski definition) is 2. The molecular formula is C8H14F2O2. The van der Waals surface area contributed by atoms with Crippen LogP contribution in [0.1, 0.15) is 19.8 Å². The van der Waals surface area contributed by atoms with Gasteiger partial charge in [-0.25, -0.2) is 8.78 Å². The molecule has 1 N–H and O–H groups in total. The Bertz CT molecular complexity index is 142. The Morgan fingerprint density at radius 2 is 2.25 bits per heavy atom. The van der Waals surface area contributed by atoms with Gasteiger partial charge in [-0.05, 0) is 19.8 Å². The van der Waals surface area contributed by atoms with Gasteiger partial charge in [0.15, 0.2) is 0 Å². The molecule has 12 heavy (non-hydrogen) atoms. The van der Waals surface area contributed by atoms with Gasteiger partial charge in [0, 0.05) is 12.5 Å². The first-order chi connectivity index (χ1) is 5.55. The largest absolute Gasteiger partial charge is 0.387 e. The zero-order valence-electron chi connectivity index (χ0n) is 7.09. The average Bonchev–Trinajstić information content (AvgIpc) is 2.06. The van der Waals surface area contributed by atoms with Crippen LogP contribution < -0.4 is 0 Å². The smallest absolute Gasteiger partial charge is 0.278 e. The second kappa shape index (κ2) is 3.66. The van der Waals surface area contributed by atoms with Gasteiger partial charge in [-0.1, -0.05) is 0 Å². The quantitative estimate of drug-likeness (QED) is 0.696. The van der Waals surface area contributed by atoms with E-state index < -0.39 is 17.9 Å². The highest BCUT2D eigenvalue weighted by Gasteiger charge is 2.44. The van der Waals surface area contributed by atoms with Crippen molar-refractivity contribution in [3.05, 3.63) is 0 Å². The van der Waals surface area contributed by atoms with E-state index in [9.17, 15) is 8.78 Å². The first-order valence-electron chi connectivity index (χ1n) is 4.18. The van der Waals surface area contributed by atoms with Crippen LogP contribution in [-0.4, -0.2) is 30.3 Å². The van der Waals surface area contributed by atoms with Crippen LogP contribution >= 0.6 is 0 Å². The number of alkyl halides is 2. The number of halogens is 2. The summed E-state index contributed by atoms with van der Waals surface area (Å²) in [6.07, 6.45) is -0.477. The summed E-state index contributed by atoms with van der Waals surface area (Å²) in [5, 5.41) is 8.83. The molecule has 1 heterocycles. The molecule has 72 valence electrons. The van der Waals surface area contributed by atoms with E-state index in [2.05, 4.69) is 0 Å². The molecule has 0 spiro atoms. The van der Waals surface area contributed by atoms with Crippen LogP contribution in [0.25, 0.3) is 0 Å². The van der Waals surface area contributed by atoms with Gasteiger partial charge >= 0.3 is 0 Å². The lowest BCUT2D eigenvalue weighted by Crippen LogP contribution is -2.42. The molecule has 0 amide bonds. The minimum absolute atomic E-state index is 0.0674. The molecule has 2 nitrogen and oxygen atoms in total. The molecule has 1 aliphatic rings. The topological polar surface area (TPSA) is 29.5 Å². The molecule has 0 aromatic carbocycles. The maximum atomic E-state index is 13.1. The van der Waals surface area contributed by atoms with E-state index in [1.54, 1.807) is 0 Å². The Kier molecular flexibility index (Phi) is 3.01. The highest BCUT2D eigenvalue weighted by molar-refractivity contribution is 4.83. The predicted octanol–water partition coefficient (Wildman–Crippen LogP) is 1.43. The molecule has 2 atom stereocenters. The highest BCUT2D eigenvalue weighted by Crippen LogP contribution is 2.33. The molecule has 0 saturated carbocycles. The van der Waals surface area contributed by atoms with Crippen molar-refractivity contribution in [3.63, 3.8) is 0 Å². The van der Waals surface area contributed by atoms with Crippen LogP contribution in [0.5, 0.6) is 0 Å². The standard InChI is InChI=1S/C8H14F2O2/c1-6(11)8(9,10)7-3-2-4-12-5-7/h6-7,11H,2-5H2,1H3. The molecule has 0 aromatic heterocycles. The zero-order chi connectivity index (χ0) is 9.19. The van der Waals surface area contributed by atoms with Crippen molar-refractivity contribution in [2.24, 2.45) is 5.92 Å². The van der Waals surface area contributed by atoms with Gasteiger partial charge in [0.2, 0.25) is 0 Å². The van der Waals surface area contributed by atoms with E-state index in [1.165, 1.54) is 0 Å². The molecule has 2 unspecified atom stereocenters. The predicted molar refractivity (Wildman–Crippen MR) is 40.2 cm³/mol. The average molecular weight is 180 g/mol. The van der Waals surface area contributed by atoms with E-state index in [-0.39, 0.29) is 6.61 Å². The van der Waals surface area contributed by atoms with Crippen molar-refractivity contribution < 1.29 is 18.6 Å². The third-order valence-corrected chi connectivity index (χ3v) is 2.26. The Labute approximate surface area is 70.5 Å². The Balaban J connectivity index is 2.53. The summed E-state index contributed by atoms with van der Waals surface area (Å²) < 4.78 is 31.1. The van der Waals surface area contributed by atoms with Gasteiger partial charge in [0.05, 0.1) is 6.61 Å². The third kappa shape index (κ3) is 1.93. The normalized spacial score (nSPS) is 28.5. The molecule has 1 saturated heterocycles. The van der Waals surface area contributed by atoms with Gasteiger partial charge < -0.3 is 9.84 Å². The molecular weight excluding hydrogens is 166 g/mol. The van der Waals surface area contributed by atoms with Gasteiger partial charge in [-0.2, -0.15) is 0 Å². The van der Waals surface area contributed by atoms with Crippen LogP contribution in [0.3, 0.4) is 0 Å². The number of hydrogen-bond donors (Lipinski definition) is 1. The minimum Gasteiger partial charge on any atom is -0.387 e. The lowest BCUT2D eigenvalue weighted by molar-refractivity contribution is -0.167. The highest BCUT2D eigenvalue weighted by atomic mass is 19.3. The van der Waals surface area contributed by atoms with Crippen LogP contribution in [0.2, 0.25) is 0 Å². The molecule has 1 aliphatic heterocycles. The number of ether oxygens (including phenoxy) is 1. The zero-order valence-corrected chi connectivity index (χ0v) is 7.09. The number of aliphatic hydroxyl groups excluding tert-OH is 1. The Morgan fingerprint density at radius 3 is 2.67 bits per heavy atom. The number of aliphatic hydroxyl groups is 1. The summed E-state index contributed by atoms with van der Waals surface area (Å²) in [5.41, 5.74) is 0. The maximum absolute atomic E-state index is 13.1. The van der Waals surface area contributed by atoms with E-state index in [0.717, 1.165) is 6.92 Å². The second-order valence-corrected chi connectivity index (χ2v) is 3.26. The minimum atomic E-state index is -3.00. The van der Waals surface area contributed by atoms with Crippen molar-refractivity contribution in [2.45, 2.75) is 31.8 Å². The summed E-state index contributed by atoms with van der Waals surface area (Å²) in [6.45, 7) is 1.75. The molecule has 1 fully saturated rings. The van der Waals surface area contributed by atoms with Gasteiger partial charge in [0.25, 0.3) is 5.92 Å². The van der Waals surface area contributed by atoms with E-state index >= 15 is 0 Å². The van der Waals surface area contributed by atoms with Crippen LogP contribution in [0.4, 0.5) is 8.78 Å². The fourth-order valence-electron chi connectivity index (χ4n) is 1.39. The fourth-order valence-corrected chi connectivity index (χ4v) is 1.39. The van der Waals surface area contributed by atoms with E-state index in [4.69, 9.17) is 9.84 Å². The lowest BCUT2D eigenvalue weighted by atomic mass is 9.92. The lowest BCUT2D eigenvalue weighted by Gasteiger charge is -2.31. The van der Waals surface area contributed by atoms with Crippen molar-refractivity contribution >= 4 is 0 Å². The van der Waals surface area contributed by atoms with E-state index in [1.807, 2.05) is 0 Å². The Hall–Kier alpha value is -0.220. The van der Waals surface area contributed by atoms with E-state index in [0.29, 0.717) is 19.4 Å². The fraction of sp³-hybridized carbons (Fsp3) is 1.00. The maximum Gasteiger partial charge on any atom is 0.278 e. The summed E-state index contributed by atoms with van der Waals surface area (Å²) in [7, 11) is 0. The second-order valence-electron chi connectivity index (χ2n) is 3.26. The van der Waals surface area contributed by atoms with Crippen LogP contribution in [0.15, 0.2) is 0 Å². The summed E-state index contributed by atoms with van der Waals surface area (Å²) in [6, 6.07) is 0. The molecule has 0 radical (unpaired) electrons. The van der Waals surface area contributed by atoms with Gasteiger partial charge in [-0.15, -0.1) is 0 Å². The summed E-state index contributed by atoms with van der Waals surface area (Å²) in [5.74, 6) is -3.81. The molecule has 0 aromatic rings.